The SMILES string of the molecule is COC(=O)c1sccc1NC(=O)COC(=O)c1ccc(S(=O)(=O)N2CCCCCC2)cc1. The normalized spacial score (nSPS) is 14.9. The second-order valence-corrected chi connectivity index (χ2v) is 9.98. The monoisotopic (exact) mass is 480 g/mol. The first-order valence-electron chi connectivity index (χ1n) is 10.1. The van der Waals surface area contributed by atoms with E-state index in [0.29, 0.717) is 13.1 Å². The van der Waals surface area contributed by atoms with Crippen LogP contribution in [-0.2, 0) is 24.3 Å². The van der Waals surface area contributed by atoms with Crippen LogP contribution < -0.4 is 5.32 Å². The van der Waals surface area contributed by atoms with Gasteiger partial charge in [0, 0.05) is 13.1 Å². The van der Waals surface area contributed by atoms with Crippen LogP contribution in [0.15, 0.2) is 40.6 Å². The molecule has 1 aromatic heterocycles. The van der Waals surface area contributed by atoms with Gasteiger partial charge in [-0.1, -0.05) is 12.8 Å². The van der Waals surface area contributed by atoms with Crippen LogP contribution in [0.1, 0.15) is 45.7 Å². The van der Waals surface area contributed by atoms with Crippen molar-refractivity contribution < 1.29 is 32.3 Å². The van der Waals surface area contributed by atoms with Crippen molar-refractivity contribution in [1.29, 1.82) is 0 Å². The molecule has 0 spiro atoms. The Labute approximate surface area is 190 Å². The zero-order chi connectivity index (χ0) is 23.1. The molecule has 0 radical (unpaired) electrons. The second kappa shape index (κ2) is 10.7. The third kappa shape index (κ3) is 5.72. The maximum Gasteiger partial charge on any atom is 0.350 e. The molecule has 2 heterocycles. The Morgan fingerprint density at radius 2 is 1.66 bits per heavy atom. The number of benzene rings is 1. The Balaban J connectivity index is 1.57. The highest BCUT2D eigenvalue weighted by Crippen LogP contribution is 2.23. The van der Waals surface area contributed by atoms with Gasteiger partial charge in [-0.25, -0.2) is 18.0 Å². The lowest BCUT2D eigenvalue weighted by Crippen LogP contribution is -2.31. The van der Waals surface area contributed by atoms with Gasteiger partial charge in [-0.3, -0.25) is 4.79 Å². The van der Waals surface area contributed by atoms with Gasteiger partial charge in [0.1, 0.15) is 4.88 Å². The van der Waals surface area contributed by atoms with Crippen LogP contribution in [0, 0.1) is 0 Å². The van der Waals surface area contributed by atoms with E-state index in [1.54, 1.807) is 11.4 Å². The number of rotatable bonds is 7. The molecule has 0 bridgehead atoms. The van der Waals surface area contributed by atoms with Gasteiger partial charge in [-0.15, -0.1) is 11.3 Å². The van der Waals surface area contributed by atoms with Gasteiger partial charge in [0.05, 0.1) is 23.3 Å². The van der Waals surface area contributed by atoms with E-state index in [-0.39, 0.29) is 21.0 Å². The fourth-order valence-corrected chi connectivity index (χ4v) is 5.54. The van der Waals surface area contributed by atoms with Crippen LogP contribution in [-0.4, -0.2) is 57.4 Å². The number of nitrogens with one attached hydrogen (secondary N) is 1. The molecule has 1 aliphatic heterocycles. The first-order chi connectivity index (χ1) is 15.3. The number of carbonyl (C=O) groups is 3. The Bertz CT molecular complexity index is 1070. The van der Waals surface area contributed by atoms with Gasteiger partial charge in [0.2, 0.25) is 10.0 Å². The lowest BCUT2D eigenvalue weighted by Gasteiger charge is -2.19. The molecule has 0 atom stereocenters. The van der Waals surface area contributed by atoms with Crippen molar-refractivity contribution in [2.45, 2.75) is 30.6 Å². The van der Waals surface area contributed by atoms with Crippen molar-refractivity contribution in [3.8, 4) is 0 Å². The number of thiophene rings is 1. The number of amides is 1. The van der Waals surface area contributed by atoms with Crippen LogP contribution in [0.4, 0.5) is 5.69 Å². The minimum absolute atomic E-state index is 0.112. The van der Waals surface area contributed by atoms with E-state index in [0.717, 1.165) is 37.0 Å². The number of hydrogen-bond acceptors (Lipinski definition) is 8. The molecular weight excluding hydrogens is 456 g/mol. The zero-order valence-electron chi connectivity index (χ0n) is 17.5. The fourth-order valence-electron chi connectivity index (χ4n) is 3.25. The van der Waals surface area contributed by atoms with E-state index in [1.165, 1.54) is 35.7 Å². The number of esters is 2. The summed E-state index contributed by atoms with van der Waals surface area (Å²) in [6, 6.07) is 6.99. The maximum absolute atomic E-state index is 12.8. The molecular formula is C21H24N2O7S2. The molecule has 1 fully saturated rings. The van der Waals surface area contributed by atoms with Gasteiger partial charge in [-0.2, -0.15) is 4.31 Å². The summed E-state index contributed by atoms with van der Waals surface area (Å²) in [4.78, 5) is 36.3. The highest BCUT2D eigenvalue weighted by molar-refractivity contribution is 7.89. The third-order valence-electron chi connectivity index (χ3n) is 4.94. The molecule has 1 aliphatic rings. The minimum atomic E-state index is -3.62. The molecule has 9 nitrogen and oxygen atoms in total. The van der Waals surface area contributed by atoms with E-state index < -0.39 is 34.5 Å². The number of nitrogens with zero attached hydrogens (tertiary/aromatic N) is 1. The average molecular weight is 481 g/mol. The summed E-state index contributed by atoms with van der Waals surface area (Å²) in [6.07, 6.45) is 3.69. The predicted molar refractivity (Wildman–Crippen MR) is 118 cm³/mol. The summed E-state index contributed by atoms with van der Waals surface area (Å²) in [5.74, 6) is -1.97. The smallest absolute Gasteiger partial charge is 0.350 e. The molecule has 1 aromatic carbocycles. The molecule has 1 saturated heterocycles. The van der Waals surface area contributed by atoms with Crippen molar-refractivity contribution in [1.82, 2.24) is 4.31 Å². The van der Waals surface area contributed by atoms with Crippen molar-refractivity contribution in [2.24, 2.45) is 0 Å². The summed E-state index contributed by atoms with van der Waals surface area (Å²) >= 11 is 1.11. The predicted octanol–water partition coefficient (Wildman–Crippen LogP) is 2.89. The third-order valence-corrected chi connectivity index (χ3v) is 7.74. The van der Waals surface area contributed by atoms with Gasteiger partial charge in [0.15, 0.2) is 6.61 Å². The zero-order valence-corrected chi connectivity index (χ0v) is 19.2. The number of hydrogen-bond donors (Lipinski definition) is 1. The average Bonchev–Trinajstić information content (AvgIpc) is 3.07. The van der Waals surface area contributed by atoms with E-state index in [1.807, 2.05) is 0 Å². The molecule has 3 rings (SSSR count). The van der Waals surface area contributed by atoms with Crippen molar-refractivity contribution in [3.63, 3.8) is 0 Å². The van der Waals surface area contributed by atoms with Crippen LogP contribution in [0.25, 0.3) is 0 Å². The van der Waals surface area contributed by atoms with E-state index in [4.69, 9.17) is 4.74 Å². The quantitative estimate of drug-likeness (QED) is 0.605. The summed E-state index contributed by atoms with van der Waals surface area (Å²) in [7, 11) is -2.38. The molecule has 0 saturated carbocycles. The molecule has 1 amide bonds. The number of anilines is 1. The Morgan fingerprint density at radius 1 is 1.00 bits per heavy atom. The Morgan fingerprint density at radius 3 is 2.28 bits per heavy atom. The molecule has 11 heteroatoms. The van der Waals surface area contributed by atoms with Crippen LogP contribution in [0.3, 0.4) is 0 Å². The lowest BCUT2D eigenvalue weighted by molar-refractivity contribution is -0.119. The maximum atomic E-state index is 12.8. The van der Waals surface area contributed by atoms with Gasteiger partial charge < -0.3 is 14.8 Å². The topological polar surface area (TPSA) is 119 Å². The first-order valence-corrected chi connectivity index (χ1v) is 12.4. The van der Waals surface area contributed by atoms with Gasteiger partial charge in [-0.05, 0) is 48.6 Å². The molecule has 2 aromatic rings. The minimum Gasteiger partial charge on any atom is -0.465 e. The highest BCUT2D eigenvalue weighted by atomic mass is 32.2. The molecule has 0 unspecified atom stereocenters. The van der Waals surface area contributed by atoms with Crippen molar-refractivity contribution in [2.75, 3.05) is 32.1 Å². The molecule has 1 N–H and O–H groups in total. The fraction of sp³-hybridized carbons (Fsp3) is 0.381. The van der Waals surface area contributed by atoms with E-state index >= 15 is 0 Å². The summed E-state index contributed by atoms with van der Waals surface area (Å²) < 4.78 is 36.7. The van der Waals surface area contributed by atoms with Gasteiger partial charge in [0.25, 0.3) is 5.91 Å². The lowest BCUT2D eigenvalue weighted by atomic mass is 10.2. The van der Waals surface area contributed by atoms with Crippen molar-refractivity contribution in [3.05, 3.63) is 46.2 Å². The standard InChI is InChI=1S/C21H24N2O7S2/c1-29-21(26)19-17(10-13-31-19)22-18(24)14-30-20(25)15-6-8-16(9-7-15)32(27,28)23-11-4-2-3-5-12-23/h6-10,13H,2-5,11-12,14H2,1H3,(H,22,24). The number of ether oxygens (including phenoxy) is 2. The van der Waals surface area contributed by atoms with Crippen LogP contribution in [0.5, 0.6) is 0 Å². The second-order valence-electron chi connectivity index (χ2n) is 7.12. The molecule has 172 valence electrons. The summed E-state index contributed by atoms with van der Waals surface area (Å²) in [5.41, 5.74) is 0.393. The molecule has 0 aliphatic carbocycles. The van der Waals surface area contributed by atoms with Crippen molar-refractivity contribution >= 4 is 44.9 Å². The van der Waals surface area contributed by atoms with E-state index in [9.17, 15) is 22.8 Å². The van der Waals surface area contributed by atoms with E-state index in [2.05, 4.69) is 10.1 Å². The van der Waals surface area contributed by atoms with Crippen LogP contribution >= 0.6 is 11.3 Å². The first kappa shape index (κ1) is 23.9. The molecule has 32 heavy (non-hydrogen) atoms. The summed E-state index contributed by atoms with van der Waals surface area (Å²) in [5, 5.41) is 4.11. The summed E-state index contributed by atoms with van der Waals surface area (Å²) in [6.45, 7) is 0.412. The van der Waals surface area contributed by atoms with Crippen LogP contribution in [0.2, 0.25) is 0 Å². The highest BCUT2D eigenvalue weighted by Gasteiger charge is 2.25. The largest absolute Gasteiger partial charge is 0.465 e. The van der Waals surface area contributed by atoms with Gasteiger partial charge >= 0.3 is 11.9 Å². The Kier molecular flexibility index (Phi) is 7.99. The Hall–Kier alpha value is -2.76. The number of sulfonamides is 1. The number of methoxy groups -OCH3 is 1. The number of carbonyl (C=O) groups excluding carboxylic acids is 3.